The predicted octanol–water partition coefficient (Wildman–Crippen LogP) is -1.97. The number of benzene rings is 1. The highest BCUT2D eigenvalue weighted by atomic mass is 35.5. The molecule has 0 aromatic heterocycles. The highest BCUT2D eigenvalue weighted by molar-refractivity contribution is 5.28. The Kier molecular flexibility index (Phi) is 4.00. The Morgan fingerprint density at radius 1 is 1.17 bits per heavy atom. The number of rotatable bonds is 1. The molecule has 2 fully saturated rings. The van der Waals surface area contributed by atoms with Crippen LogP contribution in [-0.2, 0) is 5.60 Å². The molecule has 2 N–H and O–H groups in total. The topological polar surface area (TPSA) is 24.7 Å². The molecular weight excluding hydrogens is 246 g/mol. The van der Waals surface area contributed by atoms with Crippen LogP contribution in [0.2, 0.25) is 0 Å². The second kappa shape index (κ2) is 5.20. The molecule has 1 aromatic carbocycles. The molecule has 2 saturated heterocycles. The number of hydrogen-bond acceptors (Lipinski definition) is 1. The Labute approximate surface area is 115 Å². The molecule has 0 amide bonds. The van der Waals surface area contributed by atoms with Crippen LogP contribution in [0.3, 0.4) is 0 Å². The van der Waals surface area contributed by atoms with Gasteiger partial charge in [-0.25, -0.2) is 0 Å². The normalized spacial score (nSPS) is 34.8. The third kappa shape index (κ3) is 2.18. The molecule has 2 heterocycles. The standard InChI is InChI=1S/C15H21NO.ClH/c1-12-5-7-13(8-6-12)15(17)9-11-16-10-3-2-4-14(15)16;/h5-8,14,17H,2-4,9-11H2,1H3;1H. The van der Waals surface area contributed by atoms with Crippen LogP contribution < -0.4 is 17.3 Å². The molecule has 0 radical (unpaired) electrons. The van der Waals surface area contributed by atoms with Crippen LogP contribution in [0.15, 0.2) is 24.3 Å². The minimum absolute atomic E-state index is 0. The smallest absolute Gasteiger partial charge is 0.146 e. The van der Waals surface area contributed by atoms with Gasteiger partial charge in [0, 0.05) is 12.8 Å². The molecule has 100 valence electrons. The first kappa shape index (κ1) is 13.9. The maximum absolute atomic E-state index is 11.0. The van der Waals surface area contributed by atoms with Gasteiger partial charge in [0.1, 0.15) is 11.6 Å². The van der Waals surface area contributed by atoms with Crippen molar-refractivity contribution >= 4 is 0 Å². The molecule has 2 aliphatic heterocycles. The molecule has 3 atom stereocenters. The van der Waals surface area contributed by atoms with Gasteiger partial charge in [-0.05, 0) is 25.3 Å². The number of hydrogen-bond donors (Lipinski definition) is 2. The van der Waals surface area contributed by atoms with Gasteiger partial charge in [0.25, 0.3) is 0 Å². The summed E-state index contributed by atoms with van der Waals surface area (Å²) < 4.78 is 0. The van der Waals surface area contributed by atoms with Crippen molar-refractivity contribution in [2.45, 2.75) is 44.2 Å². The zero-order valence-electron chi connectivity index (χ0n) is 11.0. The highest BCUT2D eigenvalue weighted by Crippen LogP contribution is 2.34. The Morgan fingerprint density at radius 2 is 1.89 bits per heavy atom. The van der Waals surface area contributed by atoms with Crippen molar-refractivity contribution in [1.82, 2.24) is 0 Å². The van der Waals surface area contributed by atoms with Crippen LogP contribution in [0, 0.1) is 6.92 Å². The lowest BCUT2D eigenvalue weighted by atomic mass is 9.83. The van der Waals surface area contributed by atoms with E-state index < -0.39 is 5.60 Å². The zero-order valence-corrected chi connectivity index (χ0v) is 11.7. The largest absolute Gasteiger partial charge is 1.00 e. The summed E-state index contributed by atoms with van der Waals surface area (Å²) in [4.78, 5) is 1.62. The van der Waals surface area contributed by atoms with Gasteiger partial charge < -0.3 is 22.4 Å². The minimum atomic E-state index is -0.566. The summed E-state index contributed by atoms with van der Waals surface area (Å²) in [5.41, 5.74) is 1.83. The van der Waals surface area contributed by atoms with E-state index in [9.17, 15) is 5.11 Å². The molecule has 3 heteroatoms. The van der Waals surface area contributed by atoms with E-state index in [4.69, 9.17) is 0 Å². The number of aryl methyl sites for hydroxylation is 1. The highest BCUT2D eigenvalue weighted by Gasteiger charge is 2.51. The molecule has 2 aliphatic rings. The van der Waals surface area contributed by atoms with E-state index in [1.165, 1.54) is 31.4 Å². The maximum Gasteiger partial charge on any atom is 0.146 e. The fourth-order valence-corrected chi connectivity index (χ4v) is 3.67. The first-order chi connectivity index (χ1) is 8.20. The summed E-state index contributed by atoms with van der Waals surface area (Å²) in [5, 5.41) is 11.0. The molecule has 0 bridgehead atoms. The lowest BCUT2D eigenvalue weighted by molar-refractivity contribution is -0.921. The number of fused-ring (bicyclic) bond motifs is 1. The summed E-state index contributed by atoms with van der Waals surface area (Å²) in [7, 11) is 0. The van der Waals surface area contributed by atoms with Gasteiger partial charge in [0.15, 0.2) is 0 Å². The summed E-state index contributed by atoms with van der Waals surface area (Å²) in [6.07, 6.45) is 4.72. The number of aliphatic hydroxyl groups is 1. The van der Waals surface area contributed by atoms with Crippen molar-refractivity contribution in [3.63, 3.8) is 0 Å². The Balaban J connectivity index is 0.00000120. The number of quaternary nitrogens is 1. The van der Waals surface area contributed by atoms with Crippen LogP contribution in [0.1, 0.15) is 36.8 Å². The van der Waals surface area contributed by atoms with E-state index in [1.807, 2.05) is 0 Å². The summed E-state index contributed by atoms with van der Waals surface area (Å²) in [6.45, 7) is 4.48. The average molecular weight is 268 g/mol. The van der Waals surface area contributed by atoms with E-state index in [1.54, 1.807) is 4.90 Å². The van der Waals surface area contributed by atoms with E-state index in [-0.39, 0.29) is 12.4 Å². The lowest BCUT2D eigenvalue weighted by Gasteiger charge is -2.34. The van der Waals surface area contributed by atoms with Crippen molar-refractivity contribution in [3.8, 4) is 0 Å². The summed E-state index contributed by atoms with van der Waals surface area (Å²) in [5.74, 6) is 0. The van der Waals surface area contributed by atoms with Gasteiger partial charge in [-0.2, -0.15) is 0 Å². The molecule has 3 rings (SSSR count). The summed E-state index contributed by atoms with van der Waals surface area (Å²) in [6, 6.07) is 8.90. The van der Waals surface area contributed by atoms with Crippen LogP contribution in [0.25, 0.3) is 0 Å². The van der Waals surface area contributed by atoms with Crippen molar-refractivity contribution in [1.29, 1.82) is 0 Å². The van der Waals surface area contributed by atoms with Crippen LogP contribution in [0.4, 0.5) is 0 Å². The van der Waals surface area contributed by atoms with Crippen LogP contribution >= 0.6 is 0 Å². The second-order valence-corrected chi connectivity index (χ2v) is 5.75. The Hall–Kier alpha value is -0.570. The molecule has 3 unspecified atom stereocenters. The third-order valence-corrected chi connectivity index (χ3v) is 4.69. The zero-order chi connectivity index (χ0) is 11.9. The van der Waals surface area contributed by atoms with E-state index in [2.05, 4.69) is 31.2 Å². The fraction of sp³-hybridized carbons (Fsp3) is 0.600. The maximum atomic E-state index is 11.0. The SMILES string of the molecule is Cc1ccc(C2(O)CC[NH+]3CCCCC32)cc1.[Cl-]. The van der Waals surface area contributed by atoms with Gasteiger partial charge in [0.05, 0.1) is 13.1 Å². The first-order valence-corrected chi connectivity index (χ1v) is 6.84. The van der Waals surface area contributed by atoms with Crippen LogP contribution in [-0.4, -0.2) is 24.2 Å². The third-order valence-electron chi connectivity index (χ3n) is 4.69. The van der Waals surface area contributed by atoms with Crippen LogP contribution in [0.5, 0.6) is 0 Å². The Bertz CT molecular complexity index is 405. The number of halogens is 1. The van der Waals surface area contributed by atoms with E-state index in [0.717, 1.165) is 18.5 Å². The molecule has 0 spiro atoms. The van der Waals surface area contributed by atoms with Gasteiger partial charge >= 0.3 is 0 Å². The minimum Gasteiger partial charge on any atom is -1.00 e. The lowest BCUT2D eigenvalue weighted by Crippen LogP contribution is -3.15. The van der Waals surface area contributed by atoms with Crippen molar-refractivity contribution < 1.29 is 22.4 Å². The number of piperidine rings is 1. The van der Waals surface area contributed by atoms with Gasteiger partial charge in [-0.1, -0.05) is 29.8 Å². The monoisotopic (exact) mass is 267 g/mol. The van der Waals surface area contributed by atoms with Gasteiger partial charge in [-0.3, -0.25) is 0 Å². The second-order valence-electron chi connectivity index (χ2n) is 5.75. The quantitative estimate of drug-likeness (QED) is 0.606. The predicted molar refractivity (Wildman–Crippen MR) is 68.0 cm³/mol. The number of nitrogens with one attached hydrogen (secondary N) is 1. The molecule has 2 nitrogen and oxygen atoms in total. The molecule has 18 heavy (non-hydrogen) atoms. The molecule has 1 aromatic rings. The van der Waals surface area contributed by atoms with Gasteiger partial charge in [-0.15, -0.1) is 0 Å². The van der Waals surface area contributed by atoms with E-state index in [0.29, 0.717) is 6.04 Å². The molecule has 0 aliphatic carbocycles. The average Bonchev–Trinajstić information content (AvgIpc) is 2.70. The first-order valence-electron chi connectivity index (χ1n) is 6.84. The van der Waals surface area contributed by atoms with Crippen molar-refractivity contribution in [3.05, 3.63) is 35.4 Å². The Morgan fingerprint density at radius 3 is 2.61 bits per heavy atom. The van der Waals surface area contributed by atoms with Crippen molar-refractivity contribution in [2.75, 3.05) is 13.1 Å². The van der Waals surface area contributed by atoms with Crippen molar-refractivity contribution in [2.24, 2.45) is 0 Å². The molecule has 0 saturated carbocycles. The molecular formula is C15H22ClNO. The fourth-order valence-electron chi connectivity index (χ4n) is 3.67. The van der Waals surface area contributed by atoms with Gasteiger partial charge in [0.2, 0.25) is 0 Å². The summed E-state index contributed by atoms with van der Waals surface area (Å²) >= 11 is 0. The van der Waals surface area contributed by atoms with E-state index >= 15 is 0 Å².